The number of aromatic nitrogens is 2. The minimum absolute atomic E-state index is 0.0297. The van der Waals surface area contributed by atoms with Gasteiger partial charge in [0.25, 0.3) is 0 Å². The average Bonchev–Trinajstić information content (AvgIpc) is 3.33. The van der Waals surface area contributed by atoms with Crippen LogP contribution in [0.5, 0.6) is 0 Å². The molecule has 2 heterocycles. The number of rotatable bonds is 13. The van der Waals surface area contributed by atoms with Crippen molar-refractivity contribution >= 4 is 15.7 Å². The first-order valence-electron chi connectivity index (χ1n) is 20.3. The van der Waals surface area contributed by atoms with Gasteiger partial charge >= 0.3 is 0 Å². The lowest BCUT2D eigenvalue weighted by Gasteiger charge is -2.36. The van der Waals surface area contributed by atoms with Crippen LogP contribution < -0.4 is 9.13 Å². The zero-order valence-electron chi connectivity index (χ0n) is 34.1. The Morgan fingerprint density at radius 1 is 0.317 bits per heavy atom. The number of hydrogen-bond donors (Lipinski definition) is 0. The minimum Gasteiger partial charge on any atom is -0.208 e. The van der Waals surface area contributed by atoms with Crippen LogP contribution in [0.15, 0.2) is 231 Å². The van der Waals surface area contributed by atoms with Gasteiger partial charge in [0.1, 0.15) is 14.1 Å². The molecule has 0 saturated heterocycles. The first kappa shape index (κ1) is 43.3. The third-order valence-electron chi connectivity index (χ3n) is 11.0. The Morgan fingerprint density at radius 3 is 0.700 bits per heavy atom. The van der Waals surface area contributed by atoms with E-state index in [4.69, 9.17) is 0 Å². The molecule has 0 amide bonds. The van der Waals surface area contributed by atoms with E-state index in [1.54, 1.807) is 0 Å². The van der Waals surface area contributed by atoms with Crippen LogP contribution in [0.4, 0.5) is 0 Å². The SMILES string of the molecule is C[n+]1ccc(-c2cc[n+](C)cc2)cc1.[BH3-]CCCC(c1ccccc1)(c1ccccc1)c1ccccc1.[BH3-]CCCC(c1ccccc1)(c1ccccc1)c1ccccc1. The molecule has 2 aromatic heterocycles. The highest BCUT2D eigenvalue weighted by molar-refractivity contribution is 6.08. The largest absolute Gasteiger partial charge is 0.208 e. The number of aryl methyl sites for hydroxylation is 2. The molecule has 8 rings (SSSR count). The van der Waals surface area contributed by atoms with Gasteiger partial charge in [-0.1, -0.05) is 195 Å². The second kappa shape index (κ2) is 22.2. The maximum atomic E-state index is 2.29. The maximum Gasteiger partial charge on any atom is 0.169 e. The Morgan fingerprint density at radius 2 is 0.517 bits per heavy atom. The number of pyridine rings is 2. The van der Waals surface area contributed by atoms with Crippen LogP contribution in [0.2, 0.25) is 12.6 Å². The van der Waals surface area contributed by atoms with Crippen LogP contribution in [-0.4, -0.2) is 15.7 Å². The second-order valence-corrected chi connectivity index (χ2v) is 14.7. The van der Waals surface area contributed by atoms with Crippen LogP contribution in [0, 0.1) is 0 Å². The lowest BCUT2D eigenvalue weighted by Crippen LogP contribution is -2.29. The predicted octanol–water partition coefficient (Wildman–Crippen LogP) is 10.2. The molecule has 0 radical (unpaired) electrons. The van der Waals surface area contributed by atoms with E-state index in [1.807, 2.05) is 23.2 Å². The van der Waals surface area contributed by atoms with Crippen molar-refractivity contribution in [1.82, 2.24) is 0 Å². The molecule has 2 nitrogen and oxygen atoms in total. The van der Waals surface area contributed by atoms with Crippen molar-refractivity contribution in [3.05, 3.63) is 264 Å². The van der Waals surface area contributed by atoms with Gasteiger partial charge in [-0.05, 0) is 73.0 Å². The molecule has 6 aromatic carbocycles. The Bertz CT molecular complexity index is 2010. The molecule has 0 fully saturated rings. The molecule has 302 valence electrons. The quantitative estimate of drug-likeness (QED) is 0.0625. The smallest absolute Gasteiger partial charge is 0.169 e. The Balaban J connectivity index is 0.000000156. The van der Waals surface area contributed by atoms with E-state index in [1.165, 1.54) is 82.8 Å². The van der Waals surface area contributed by atoms with Crippen LogP contribution in [0.25, 0.3) is 11.1 Å². The summed E-state index contributed by atoms with van der Waals surface area (Å²) in [7, 11) is 4.98. The summed E-state index contributed by atoms with van der Waals surface area (Å²) in [5, 5.41) is 0. The van der Waals surface area contributed by atoms with Crippen molar-refractivity contribution in [1.29, 1.82) is 0 Å². The molecule has 0 unspecified atom stereocenters. The summed E-state index contributed by atoms with van der Waals surface area (Å²) in [6.07, 6.45) is 16.2. The highest BCUT2D eigenvalue weighted by Crippen LogP contribution is 2.44. The molecular weight excluding hydrogens is 722 g/mol. The van der Waals surface area contributed by atoms with Gasteiger partial charge < -0.3 is 0 Å². The monoisotopic (exact) mass is 785 g/mol. The molecule has 0 bridgehead atoms. The summed E-state index contributed by atoms with van der Waals surface area (Å²) in [6, 6.07) is 74.7. The molecule has 4 heteroatoms. The van der Waals surface area contributed by atoms with Crippen LogP contribution >= 0.6 is 0 Å². The molecule has 0 aliphatic heterocycles. The lowest BCUT2D eigenvalue weighted by atomic mass is 9.66. The van der Waals surface area contributed by atoms with E-state index in [-0.39, 0.29) is 10.8 Å². The molecule has 0 aliphatic carbocycles. The van der Waals surface area contributed by atoms with Gasteiger partial charge in [-0.2, -0.15) is 12.6 Å². The topological polar surface area (TPSA) is 7.76 Å². The van der Waals surface area contributed by atoms with Crippen LogP contribution in [0.3, 0.4) is 0 Å². The molecule has 60 heavy (non-hydrogen) atoms. The van der Waals surface area contributed by atoms with E-state index in [0.717, 1.165) is 0 Å². The number of nitrogens with zero attached hydrogens (tertiary/aromatic N) is 2. The summed E-state index contributed by atoms with van der Waals surface area (Å²) in [6.45, 7) is 0. The minimum atomic E-state index is -0.0297. The Kier molecular flexibility index (Phi) is 16.0. The van der Waals surface area contributed by atoms with Gasteiger partial charge in [0.2, 0.25) is 0 Å². The fourth-order valence-corrected chi connectivity index (χ4v) is 8.12. The second-order valence-electron chi connectivity index (χ2n) is 14.7. The Labute approximate surface area is 362 Å². The summed E-state index contributed by atoms with van der Waals surface area (Å²) < 4.78 is 4.07. The van der Waals surface area contributed by atoms with E-state index >= 15 is 0 Å². The highest BCUT2D eigenvalue weighted by Gasteiger charge is 2.36. The third kappa shape index (κ3) is 10.7. The summed E-state index contributed by atoms with van der Waals surface area (Å²) >= 11 is 0. The van der Waals surface area contributed by atoms with Crippen molar-refractivity contribution < 1.29 is 9.13 Å². The number of benzene rings is 6. The van der Waals surface area contributed by atoms with Gasteiger partial charge in [-0.25, -0.2) is 9.13 Å². The maximum absolute atomic E-state index is 2.29. The first-order chi connectivity index (χ1) is 29.5. The van der Waals surface area contributed by atoms with Crippen LogP contribution in [0.1, 0.15) is 59.1 Å². The van der Waals surface area contributed by atoms with Gasteiger partial charge in [0.05, 0.1) is 0 Å². The first-order valence-corrected chi connectivity index (χ1v) is 20.3. The molecule has 0 N–H and O–H groups in total. The molecule has 0 atom stereocenters. The van der Waals surface area contributed by atoms with Gasteiger partial charge in [-0.3, -0.25) is 0 Å². The zero-order chi connectivity index (χ0) is 41.9. The molecule has 0 spiro atoms. The van der Waals surface area contributed by atoms with E-state index in [0.29, 0.717) is 15.7 Å². The summed E-state index contributed by atoms with van der Waals surface area (Å²) in [5.74, 6) is 0. The zero-order valence-corrected chi connectivity index (χ0v) is 34.1. The summed E-state index contributed by atoms with van der Waals surface area (Å²) in [5.41, 5.74) is 10.9. The van der Waals surface area contributed by atoms with Gasteiger partial charge in [0, 0.05) is 35.1 Å². The molecule has 0 aliphatic rings. The summed E-state index contributed by atoms with van der Waals surface area (Å²) in [4.78, 5) is 0. The standard InChI is InChI=1S/2C22H24B.C12H14N2/c2*23-18-10-17-22(19-11-4-1-5-12-19,20-13-6-2-7-14-20)21-15-8-3-9-16-21;1-13-7-3-11(4-8-13)12-5-9-14(2)10-6-12/h2*1-9,11-16H,10,17-18H2,23H3;3-10H,1-2H3/q2*-1;+2. The lowest BCUT2D eigenvalue weighted by molar-refractivity contribution is -0.671. The van der Waals surface area contributed by atoms with Crippen molar-refractivity contribution in [3.63, 3.8) is 0 Å². The molecule has 0 saturated carbocycles. The van der Waals surface area contributed by atoms with Gasteiger partial charge in [0.15, 0.2) is 24.8 Å². The third-order valence-corrected chi connectivity index (χ3v) is 11.0. The van der Waals surface area contributed by atoms with Crippen molar-refractivity contribution in [2.75, 3.05) is 0 Å². The van der Waals surface area contributed by atoms with Crippen LogP contribution in [-0.2, 0) is 24.9 Å². The fourth-order valence-electron chi connectivity index (χ4n) is 8.12. The average molecular weight is 785 g/mol. The van der Waals surface area contributed by atoms with Crippen molar-refractivity contribution in [2.24, 2.45) is 14.1 Å². The van der Waals surface area contributed by atoms with Crippen molar-refractivity contribution in [2.45, 2.75) is 49.2 Å². The molecule has 8 aromatic rings. The van der Waals surface area contributed by atoms with E-state index < -0.39 is 0 Å². The normalized spacial score (nSPS) is 11.1. The van der Waals surface area contributed by atoms with Gasteiger partial charge in [-0.15, -0.1) is 0 Å². The van der Waals surface area contributed by atoms with Crippen molar-refractivity contribution in [3.8, 4) is 11.1 Å². The number of hydrogen-bond acceptors (Lipinski definition) is 0. The fraction of sp³-hybridized carbons (Fsp3) is 0.179. The highest BCUT2D eigenvalue weighted by atomic mass is 14.9. The van der Waals surface area contributed by atoms with E-state index in [9.17, 15) is 0 Å². The van der Waals surface area contributed by atoms with E-state index in [2.05, 4.69) is 231 Å². The predicted molar refractivity (Wildman–Crippen MR) is 261 cm³/mol. The molecular formula is C56H62B2N2. The Hall–Kier alpha value is -6.25.